The zero-order chi connectivity index (χ0) is 13.1. The van der Waals surface area contributed by atoms with Gasteiger partial charge in [-0.25, -0.2) is 0 Å². The molecule has 0 aromatic rings. The van der Waals surface area contributed by atoms with Gasteiger partial charge in [0.25, 0.3) is 0 Å². The first kappa shape index (κ1) is 14.3. The Labute approximate surface area is 112 Å². The number of rotatable bonds is 5. The molecule has 3 nitrogen and oxygen atoms in total. The van der Waals surface area contributed by atoms with E-state index in [-0.39, 0.29) is 0 Å². The van der Waals surface area contributed by atoms with E-state index in [1.165, 1.54) is 45.3 Å². The summed E-state index contributed by atoms with van der Waals surface area (Å²) >= 11 is 0. The number of piperidine rings is 1. The zero-order valence-corrected chi connectivity index (χ0v) is 12.6. The average molecular weight is 254 g/mol. The van der Waals surface area contributed by atoms with Gasteiger partial charge in [0.15, 0.2) is 0 Å². The van der Waals surface area contributed by atoms with Crippen molar-refractivity contribution in [3.8, 4) is 0 Å². The van der Waals surface area contributed by atoms with E-state index in [9.17, 15) is 0 Å². The van der Waals surface area contributed by atoms with Crippen molar-refractivity contribution >= 4 is 0 Å². The van der Waals surface area contributed by atoms with Crippen molar-refractivity contribution in [1.82, 2.24) is 9.80 Å². The van der Waals surface area contributed by atoms with Gasteiger partial charge in [0.05, 0.1) is 6.10 Å². The number of likely N-dealkylation sites (tertiary alicyclic amines) is 1. The normalized spacial score (nSPS) is 31.0. The smallest absolute Gasteiger partial charge is 0.0601 e. The number of nitrogens with zero attached hydrogens (tertiary/aromatic N) is 2. The second-order valence-corrected chi connectivity index (χ2v) is 6.52. The van der Waals surface area contributed by atoms with Crippen molar-refractivity contribution in [2.75, 3.05) is 33.8 Å². The molecule has 0 aromatic carbocycles. The molecular weight excluding hydrogens is 224 g/mol. The van der Waals surface area contributed by atoms with E-state index in [0.717, 1.165) is 12.0 Å². The van der Waals surface area contributed by atoms with Gasteiger partial charge in [-0.2, -0.15) is 0 Å². The van der Waals surface area contributed by atoms with E-state index in [2.05, 4.69) is 30.7 Å². The minimum atomic E-state index is 0.522. The van der Waals surface area contributed by atoms with Crippen LogP contribution in [0, 0.1) is 5.92 Å². The van der Waals surface area contributed by atoms with Crippen LogP contribution < -0.4 is 0 Å². The van der Waals surface area contributed by atoms with E-state index in [1.807, 2.05) is 7.11 Å². The minimum Gasteiger partial charge on any atom is -0.381 e. The van der Waals surface area contributed by atoms with Crippen LogP contribution in [-0.2, 0) is 4.74 Å². The maximum Gasteiger partial charge on any atom is 0.0601 e. The molecule has 0 atom stereocenters. The topological polar surface area (TPSA) is 15.7 Å². The molecule has 0 bridgehead atoms. The van der Waals surface area contributed by atoms with Crippen molar-refractivity contribution in [2.24, 2.45) is 5.92 Å². The summed E-state index contributed by atoms with van der Waals surface area (Å²) in [4.78, 5) is 5.19. The largest absolute Gasteiger partial charge is 0.381 e. The molecule has 2 fully saturated rings. The summed E-state index contributed by atoms with van der Waals surface area (Å²) in [6.45, 7) is 8.54. The van der Waals surface area contributed by atoms with Crippen molar-refractivity contribution < 1.29 is 4.74 Å². The highest BCUT2D eigenvalue weighted by molar-refractivity contribution is 4.90. The molecule has 0 spiro atoms. The molecule has 2 rings (SSSR count). The SMILES string of the molecule is CO[C@H]1C[C@@H](N(CC2CCN(C)CC2)C(C)C)C1. The maximum absolute atomic E-state index is 5.42. The molecule has 0 amide bonds. The molecule has 1 heterocycles. The molecule has 1 aliphatic carbocycles. The molecule has 3 heteroatoms. The fourth-order valence-corrected chi connectivity index (χ4v) is 3.33. The number of ether oxygens (including phenoxy) is 1. The van der Waals surface area contributed by atoms with E-state index in [0.29, 0.717) is 12.1 Å². The van der Waals surface area contributed by atoms with E-state index < -0.39 is 0 Å². The van der Waals surface area contributed by atoms with Crippen LogP contribution in [0.5, 0.6) is 0 Å². The van der Waals surface area contributed by atoms with Gasteiger partial charge in [-0.05, 0) is 65.6 Å². The summed E-state index contributed by atoms with van der Waals surface area (Å²) in [7, 11) is 4.09. The summed E-state index contributed by atoms with van der Waals surface area (Å²) < 4.78 is 5.42. The van der Waals surface area contributed by atoms with Crippen molar-refractivity contribution in [3.05, 3.63) is 0 Å². The van der Waals surface area contributed by atoms with Gasteiger partial charge in [-0.3, -0.25) is 4.90 Å². The standard InChI is InChI=1S/C15H30N2O/c1-12(2)17(14-9-15(10-14)18-4)11-13-5-7-16(3)8-6-13/h12-15H,5-11H2,1-4H3/t14-,15+. The average Bonchev–Trinajstić information content (AvgIpc) is 2.28. The third-order valence-electron chi connectivity index (χ3n) is 4.84. The van der Waals surface area contributed by atoms with Crippen molar-refractivity contribution in [1.29, 1.82) is 0 Å². The number of hydrogen-bond donors (Lipinski definition) is 0. The fourth-order valence-electron chi connectivity index (χ4n) is 3.33. The lowest BCUT2D eigenvalue weighted by Crippen LogP contribution is -2.52. The van der Waals surface area contributed by atoms with Gasteiger partial charge in [0.1, 0.15) is 0 Å². The second-order valence-electron chi connectivity index (χ2n) is 6.52. The third-order valence-corrected chi connectivity index (χ3v) is 4.84. The molecule has 0 unspecified atom stereocenters. The van der Waals surface area contributed by atoms with Crippen molar-refractivity contribution in [3.63, 3.8) is 0 Å². The fraction of sp³-hybridized carbons (Fsp3) is 1.00. The third kappa shape index (κ3) is 3.46. The highest BCUT2D eigenvalue weighted by Crippen LogP contribution is 2.31. The Kier molecular flexibility index (Phi) is 5.05. The molecule has 2 aliphatic rings. The molecule has 0 radical (unpaired) electrons. The number of methoxy groups -OCH3 is 1. The summed E-state index contributed by atoms with van der Waals surface area (Å²) in [5, 5.41) is 0. The predicted octanol–water partition coefficient (Wildman–Crippen LogP) is 2.22. The molecule has 18 heavy (non-hydrogen) atoms. The van der Waals surface area contributed by atoms with Crippen LogP contribution in [0.1, 0.15) is 39.5 Å². The Bertz CT molecular complexity index is 243. The molecule has 1 saturated carbocycles. The maximum atomic E-state index is 5.42. The first-order valence-corrected chi connectivity index (χ1v) is 7.57. The number of hydrogen-bond acceptors (Lipinski definition) is 3. The lowest BCUT2D eigenvalue weighted by atomic mass is 9.85. The lowest BCUT2D eigenvalue weighted by Gasteiger charge is -2.46. The summed E-state index contributed by atoms with van der Waals surface area (Å²) in [5.74, 6) is 0.908. The van der Waals surface area contributed by atoms with E-state index in [1.54, 1.807) is 0 Å². The Morgan fingerprint density at radius 2 is 1.83 bits per heavy atom. The highest BCUT2D eigenvalue weighted by Gasteiger charge is 2.35. The molecule has 0 aromatic heterocycles. The van der Waals surface area contributed by atoms with Gasteiger partial charge in [-0.15, -0.1) is 0 Å². The van der Waals surface area contributed by atoms with Gasteiger partial charge in [0.2, 0.25) is 0 Å². The van der Waals surface area contributed by atoms with Gasteiger partial charge >= 0.3 is 0 Å². The Morgan fingerprint density at radius 1 is 1.22 bits per heavy atom. The first-order valence-electron chi connectivity index (χ1n) is 7.57. The van der Waals surface area contributed by atoms with E-state index >= 15 is 0 Å². The van der Waals surface area contributed by atoms with Crippen LogP contribution in [0.15, 0.2) is 0 Å². The van der Waals surface area contributed by atoms with Crippen molar-refractivity contribution in [2.45, 2.75) is 57.7 Å². The van der Waals surface area contributed by atoms with Gasteiger partial charge in [-0.1, -0.05) is 0 Å². The van der Waals surface area contributed by atoms with Gasteiger partial charge in [0, 0.05) is 25.7 Å². The lowest BCUT2D eigenvalue weighted by molar-refractivity contribution is -0.0437. The molecular formula is C15H30N2O. The summed E-state index contributed by atoms with van der Waals surface area (Å²) in [6, 6.07) is 1.45. The zero-order valence-electron chi connectivity index (χ0n) is 12.6. The van der Waals surface area contributed by atoms with Crippen LogP contribution in [0.25, 0.3) is 0 Å². The van der Waals surface area contributed by atoms with Crippen LogP contribution in [0.4, 0.5) is 0 Å². The van der Waals surface area contributed by atoms with Crippen LogP contribution >= 0.6 is 0 Å². The molecule has 1 saturated heterocycles. The summed E-state index contributed by atoms with van der Waals surface area (Å²) in [6.07, 6.45) is 5.75. The highest BCUT2D eigenvalue weighted by atomic mass is 16.5. The van der Waals surface area contributed by atoms with Crippen LogP contribution in [-0.4, -0.2) is 61.8 Å². The monoisotopic (exact) mass is 254 g/mol. The minimum absolute atomic E-state index is 0.522. The summed E-state index contributed by atoms with van der Waals surface area (Å²) in [5.41, 5.74) is 0. The predicted molar refractivity (Wildman–Crippen MR) is 75.9 cm³/mol. The Morgan fingerprint density at radius 3 is 2.33 bits per heavy atom. The Balaban J connectivity index is 1.80. The van der Waals surface area contributed by atoms with E-state index in [4.69, 9.17) is 4.74 Å². The molecule has 106 valence electrons. The molecule has 1 aliphatic heterocycles. The molecule has 0 N–H and O–H groups in total. The van der Waals surface area contributed by atoms with Crippen LogP contribution in [0.2, 0.25) is 0 Å². The van der Waals surface area contributed by atoms with Crippen LogP contribution in [0.3, 0.4) is 0 Å². The Hall–Kier alpha value is -0.120. The first-order chi connectivity index (χ1) is 8.60. The second kappa shape index (κ2) is 6.36. The van der Waals surface area contributed by atoms with Gasteiger partial charge < -0.3 is 9.64 Å². The quantitative estimate of drug-likeness (QED) is 0.748.